The van der Waals surface area contributed by atoms with E-state index in [1.165, 1.54) is 18.2 Å². The average Bonchev–Trinajstić information content (AvgIpc) is 2.59. The molecule has 0 radical (unpaired) electrons. The molecule has 0 bridgehead atoms. The summed E-state index contributed by atoms with van der Waals surface area (Å²) in [6.45, 7) is 6.97. The first-order valence-corrected chi connectivity index (χ1v) is 9.59. The third-order valence-electron chi connectivity index (χ3n) is 4.32. The molecule has 25 heavy (non-hydrogen) atoms. The Bertz CT molecular complexity index is 690. The van der Waals surface area contributed by atoms with Gasteiger partial charge in [-0.2, -0.15) is 0 Å². The molecule has 1 heterocycles. The predicted molar refractivity (Wildman–Crippen MR) is 101 cm³/mol. The van der Waals surface area contributed by atoms with Crippen LogP contribution in [0, 0.1) is 5.92 Å². The molecule has 0 spiro atoms. The highest BCUT2D eigenvalue weighted by Crippen LogP contribution is 2.21. The minimum Gasteiger partial charge on any atom is -0.338 e. The van der Waals surface area contributed by atoms with E-state index in [0.717, 1.165) is 12.8 Å². The third kappa shape index (κ3) is 5.54. The van der Waals surface area contributed by atoms with Gasteiger partial charge in [0.25, 0.3) is 5.91 Å². The van der Waals surface area contributed by atoms with Crippen molar-refractivity contribution in [1.29, 1.82) is 0 Å². The lowest BCUT2D eigenvalue weighted by Gasteiger charge is -2.34. The maximum Gasteiger partial charge on any atom is 0.253 e. The zero-order valence-corrected chi connectivity index (χ0v) is 16.0. The van der Waals surface area contributed by atoms with Crippen LogP contribution in [0.2, 0.25) is 0 Å². The maximum absolute atomic E-state index is 12.6. The van der Waals surface area contributed by atoms with Crippen LogP contribution in [0.3, 0.4) is 0 Å². The second-order valence-electron chi connectivity index (χ2n) is 6.18. The molecular formula is C17H26ClN3O3S. The van der Waals surface area contributed by atoms with Crippen LogP contribution in [-0.2, 0) is 10.0 Å². The summed E-state index contributed by atoms with van der Waals surface area (Å²) in [6.07, 6.45) is 3.45. The molecule has 2 unspecified atom stereocenters. The number of benzene rings is 1. The number of hydrogen-bond donors (Lipinski definition) is 2. The lowest BCUT2D eigenvalue weighted by molar-refractivity contribution is 0.0661. The highest BCUT2D eigenvalue weighted by molar-refractivity contribution is 7.89. The minimum absolute atomic E-state index is 0. The number of nitrogens with two attached hydrogens (primary N) is 1. The molecular weight excluding hydrogens is 362 g/mol. The van der Waals surface area contributed by atoms with E-state index in [-0.39, 0.29) is 35.8 Å². The van der Waals surface area contributed by atoms with Crippen LogP contribution >= 0.6 is 12.4 Å². The lowest BCUT2D eigenvalue weighted by atomic mass is 9.92. The summed E-state index contributed by atoms with van der Waals surface area (Å²) in [6, 6.07) is 6.07. The van der Waals surface area contributed by atoms with Gasteiger partial charge < -0.3 is 10.6 Å². The van der Waals surface area contributed by atoms with E-state index in [0.29, 0.717) is 24.6 Å². The number of likely N-dealkylation sites (tertiary alicyclic amines) is 1. The first-order chi connectivity index (χ1) is 11.3. The fourth-order valence-corrected chi connectivity index (χ4v) is 3.83. The van der Waals surface area contributed by atoms with Crippen molar-refractivity contribution in [1.82, 2.24) is 9.62 Å². The number of carbonyl (C=O) groups excluding carboxylic acids is 1. The van der Waals surface area contributed by atoms with Gasteiger partial charge in [0.05, 0.1) is 4.90 Å². The van der Waals surface area contributed by atoms with Gasteiger partial charge in [-0.1, -0.05) is 6.08 Å². The number of rotatable bonds is 6. The van der Waals surface area contributed by atoms with Crippen LogP contribution in [0.5, 0.6) is 0 Å². The molecule has 1 fully saturated rings. The Morgan fingerprint density at radius 1 is 1.44 bits per heavy atom. The smallest absolute Gasteiger partial charge is 0.253 e. The summed E-state index contributed by atoms with van der Waals surface area (Å²) in [5.41, 5.74) is 6.45. The summed E-state index contributed by atoms with van der Waals surface area (Å²) in [7, 11) is -3.57. The molecule has 1 aromatic rings. The lowest BCUT2D eigenvalue weighted by Crippen LogP contribution is -2.45. The molecule has 8 heteroatoms. The summed E-state index contributed by atoms with van der Waals surface area (Å²) in [5, 5.41) is 0. The molecule has 1 aliphatic rings. The Hall–Kier alpha value is -1.41. The number of sulfonamides is 1. The first-order valence-electron chi connectivity index (χ1n) is 8.10. The van der Waals surface area contributed by atoms with Gasteiger partial charge in [0, 0.05) is 31.2 Å². The molecule has 2 rings (SSSR count). The van der Waals surface area contributed by atoms with E-state index < -0.39 is 10.0 Å². The summed E-state index contributed by atoms with van der Waals surface area (Å²) >= 11 is 0. The Kier molecular flexibility index (Phi) is 8.08. The van der Waals surface area contributed by atoms with Crippen LogP contribution in [-0.4, -0.2) is 44.9 Å². The number of nitrogens with zero attached hydrogens (tertiary/aromatic N) is 1. The second-order valence-corrected chi connectivity index (χ2v) is 7.94. The van der Waals surface area contributed by atoms with Crippen molar-refractivity contribution in [2.24, 2.45) is 11.7 Å². The molecule has 2 atom stereocenters. The van der Waals surface area contributed by atoms with Gasteiger partial charge in [0.15, 0.2) is 0 Å². The number of hydrogen-bond acceptors (Lipinski definition) is 4. The molecule has 140 valence electrons. The van der Waals surface area contributed by atoms with Crippen molar-refractivity contribution < 1.29 is 13.2 Å². The van der Waals surface area contributed by atoms with E-state index >= 15 is 0 Å². The molecule has 0 saturated carbocycles. The van der Waals surface area contributed by atoms with Crippen molar-refractivity contribution in [3.63, 3.8) is 0 Å². The molecule has 1 aliphatic heterocycles. The fourth-order valence-electron chi connectivity index (χ4n) is 2.83. The topological polar surface area (TPSA) is 92.5 Å². The van der Waals surface area contributed by atoms with Gasteiger partial charge in [0.2, 0.25) is 10.0 Å². The van der Waals surface area contributed by atoms with Gasteiger partial charge in [-0.15, -0.1) is 19.0 Å². The second kappa shape index (κ2) is 9.33. The van der Waals surface area contributed by atoms with Gasteiger partial charge in [-0.25, -0.2) is 13.1 Å². The monoisotopic (exact) mass is 387 g/mol. The van der Waals surface area contributed by atoms with Gasteiger partial charge >= 0.3 is 0 Å². The number of piperidine rings is 1. The van der Waals surface area contributed by atoms with E-state index in [1.807, 2.05) is 6.92 Å². The standard InChI is InChI=1S/C17H25N3O3S.ClH/c1-3-10-19-24(22,23)16-8-6-14(7-9-16)17(21)20-11-4-5-15(12-20)13(2)18;/h3,6-9,13,15,19H,1,4-5,10-12,18H2,2H3;1H. The van der Waals surface area contributed by atoms with E-state index in [2.05, 4.69) is 11.3 Å². The van der Waals surface area contributed by atoms with Crippen LogP contribution < -0.4 is 10.5 Å². The third-order valence-corrected chi connectivity index (χ3v) is 5.76. The number of halogens is 1. The van der Waals surface area contributed by atoms with Crippen LogP contribution in [0.15, 0.2) is 41.8 Å². The quantitative estimate of drug-likeness (QED) is 0.727. The van der Waals surface area contributed by atoms with Crippen LogP contribution in [0.4, 0.5) is 0 Å². The SMILES string of the molecule is C=CCNS(=O)(=O)c1ccc(C(=O)N2CCCC(C(C)N)C2)cc1.Cl. The molecule has 0 aromatic heterocycles. The summed E-state index contributed by atoms with van der Waals surface area (Å²) in [5.74, 6) is 0.230. The van der Waals surface area contributed by atoms with Crippen molar-refractivity contribution in [3.05, 3.63) is 42.5 Å². The number of carbonyl (C=O) groups is 1. The molecule has 3 N–H and O–H groups in total. The van der Waals surface area contributed by atoms with E-state index in [4.69, 9.17) is 5.73 Å². The normalized spacial score (nSPS) is 19.0. The zero-order valence-electron chi connectivity index (χ0n) is 14.3. The van der Waals surface area contributed by atoms with Crippen molar-refractivity contribution in [2.45, 2.75) is 30.7 Å². The average molecular weight is 388 g/mol. The van der Waals surface area contributed by atoms with Gasteiger partial charge in [-0.3, -0.25) is 4.79 Å². The highest BCUT2D eigenvalue weighted by atomic mass is 35.5. The Labute approximate surface area is 155 Å². The van der Waals surface area contributed by atoms with Crippen molar-refractivity contribution in [3.8, 4) is 0 Å². The maximum atomic E-state index is 12.6. The van der Waals surface area contributed by atoms with Crippen molar-refractivity contribution in [2.75, 3.05) is 19.6 Å². The van der Waals surface area contributed by atoms with E-state index in [9.17, 15) is 13.2 Å². The Balaban J connectivity index is 0.00000312. The minimum atomic E-state index is -3.57. The molecule has 6 nitrogen and oxygen atoms in total. The Morgan fingerprint density at radius 2 is 2.08 bits per heavy atom. The molecule has 1 amide bonds. The molecule has 0 aliphatic carbocycles. The van der Waals surface area contributed by atoms with Gasteiger partial charge in [0.1, 0.15) is 0 Å². The van der Waals surface area contributed by atoms with Crippen LogP contribution in [0.1, 0.15) is 30.1 Å². The first kappa shape index (κ1) is 21.6. The fraction of sp³-hybridized carbons (Fsp3) is 0.471. The van der Waals surface area contributed by atoms with Gasteiger partial charge in [-0.05, 0) is 49.9 Å². The predicted octanol–water partition coefficient (Wildman–Crippen LogP) is 1.77. The Morgan fingerprint density at radius 3 is 2.64 bits per heavy atom. The highest BCUT2D eigenvalue weighted by Gasteiger charge is 2.26. The number of nitrogens with one attached hydrogen (secondary N) is 1. The molecule has 1 aromatic carbocycles. The summed E-state index contributed by atoms with van der Waals surface area (Å²) in [4.78, 5) is 14.5. The molecule has 1 saturated heterocycles. The van der Waals surface area contributed by atoms with Crippen LogP contribution in [0.25, 0.3) is 0 Å². The van der Waals surface area contributed by atoms with E-state index in [1.54, 1.807) is 17.0 Å². The largest absolute Gasteiger partial charge is 0.338 e. The zero-order chi connectivity index (χ0) is 17.7. The van der Waals surface area contributed by atoms with Crippen molar-refractivity contribution >= 4 is 28.3 Å². The number of amides is 1. The summed E-state index contributed by atoms with van der Waals surface area (Å²) < 4.78 is 26.4.